The second-order valence-electron chi connectivity index (χ2n) is 8.08. The molecule has 1 N–H and O–H groups in total. The number of halogens is 1. The van der Waals surface area contributed by atoms with Crippen molar-refractivity contribution in [3.63, 3.8) is 0 Å². The van der Waals surface area contributed by atoms with Gasteiger partial charge in [-0.15, -0.1) is 0 Å². The number of amides is 4. The van der Waals surface area contributed by atoms with Crippen LogP contribution in [0.25, 0.3) is 6.08 Å². The molecule has 3 aromatic carbocycles. The van der Waals surface area contributed by atoms with E-state index in [1.807, 2.05) is 13.0 Å². The molecule has 35 heavy (non-hydrogen) atoms. The van der Waals surface area contributed by atoms with Gasteiger partial charge in [-0.1, -0.05) is 30.3 Å². The Labute approximate surface area is 201 Å². The van der Waals surface area contributed by atoms with Crippen molar-refractivity contribution in [1.82, 2.24) is 5.32 Å². The van der Waals surface area contributed by atoms with Gasteiger partial charge in [-0.05, 0) is 72.5 Å². The Kier molecular flexibility index (Phi) is 6.64. The Bertz CT molecular complexity index is 1370. The molecule has 7 nitrogen and oxygen atoms in total. The van der Waals surface area contributed by atoms with Crippen LogP contribution in [0.15, 0.2) is 66.2 Å². The van der Waals surface area contributed by atoms with Crippen molar-refractivity contribution in [2.45, 2.75) is 20.5 Å². The van der Waals surface area contributed by atoms with Gasteiger partial charge in [0.15, 0.2) is 11.5 Å². The van der Waals surface area contributed by atoms with Crippen molar-refractivity contribution in [3.8, 4) is 11.5 Å². The first-order valence-corrected chi connectivity index (χ1v) is 10.8. The smallest absolute Gasteiger partial charge is 0.335 e. The number of nitrogens with zero attached hydrogens (tertiary/aromatic N) is 1. The van der Waals surface area contributed by atoms with Crippen LogP contribution in [0.4, 0.5) is 14.9 Å². The summed E-state index contributed by atoms with van der Waals surface area (Å²) in [5, 5.41) is 2.23. The van der Waals surface area contributed by atoms with Crippen molar-refractivity contribution < 1.29 is 28.2 Å². The molecule has 8 heteroatoms. The lowest BCUT2D eigenvalue weighted by molar-refractivity contribution is -0.122. The summed E-state index contributed by atoms with van der Waals surface area (Å²) in [6, 6.07) is 15.5. The van der Waals surface area contributed by atoms with E-state index >= 15 is 0 Å². The molecule has 1 saturated heterocycles. The summed E-state index contributed by atoms with van der Waals surface area (Å²) in [5.41, 5.74) is 2.94. The van der Waals surface area contributed by atoms with Crippen molar-refractivity contribution in [2.75, 3.05) is 12.0 Å². The number of rotatable bonds is 6. The summed E-state index contributed by atoms with van der Waals surface area (Å²) in [6.07, 6.45) is 1.39. The highest BCUT2D eigenvalue weighted by molar-refractivity contribution is 6.39. The summed E-state index contributed by atoms with van der Waals surface area (Å²) in [6.45, 7) is 3.76. The molecule has 1 fully saturated rings. The third-order valence-electron chi connectivity index (χ3n) is 5.49. The maximum atomic E-state index is 13.4. The zero-order chi connectivity index (χ0) is 25.1. The molecule has 0 bridgehead atoms. The first-order chi connectivity index (χ1) is 16.8. The average Bonchev–Trinajstić information content (AvgIpc) is 2.82. The molecule has 4 amide bonds. The van der Waals surface area contributed by atoms with Crippen LogP contribution in [0.3, 0.4) is 0 Å². The van der Waals surface area contributed by atoms with E-state index in [0.717, 1.165) is 10.5 Å². The number of anilines is 1. The van der Waals surface area contributed by atoms with E-state index in [1.54, 1.807) is 49.4 Å². The van der Waals surface area contributed by atoms with Crippen molar-refractivity contribution in [1.29, 1.82) is 0 Å². The highest BCUT2D eigenvalue weighted by atomic mass is 19.1. The van der Waals surface area contributed by atoms with E-state index < -0.39 is 17.8 Å². The summed E-state index contributed by atoms with van der Waals surface area (Å²) in [7, 11) is 1.46. The number of benzene rings is 3. The van der Waals surface area contributed by atoms with Gasteiger partial charge in [0.05, 0.1) is 12.8 Å². The van der Waals surface area contributed by atoms with Gasteiger partial charge in [0.2, 0.25) is 0 Å². The lowest BCUT2D eigenvalue weighted by atomic mass is 10.0. The zero-order valence-electron chi connectivity index (χ0n) is 19.4. The largest absolute Gasteiger partial charge is 0.493 e. The second kappa shape index (κ2) is 9.80. The fourth-order valence-corrected chi connectivity index (χ4v) is 3.68. The predicted octanol–water partition coefficient (Wildman–Crippen LogP) is 4.70. The Hall–Kier alpha value is -4.46. The monoisotopic (exact) mass is 474 g/mol. The number of ether oxygens (including phenoxy) is 2. The summed E-state index contributed by atoms with van der Waals surface area (Å²) in [5.74, 6) is -1.10. The number of barbiturate groups is 1. The normalized spacial score (nSPS) is 14.8. The molecule has 0 unspecified atom stereocenters. The fraction of sp³-hybridized carbons (Fsp3) is 0.148. The van der Waals surface area contributed by atoms with E-state index in [-0.39, 0.29) is 18.0 Å². The van der Waals surface area contributed by atoms with Crippen LogP contribution in [0.5, 0.6) is 11.5 Å². The maximum absolute atomic E-state index is 13.4. The molecule has 0 aromatic heterocycles. The number of hydrogen-bond donors (Lipinski definition) is 1. The van der Waals surface area contributed by atoms with Crippen LogP contribution < -0.4 is 19.7 Å². The summed E-state index contributed by atoms with van der Waals surface area (Å²) in [4.78, 5) is 39.2. The van der Waals surface area contributed by atoms with Crippen molar-refractivity contribution in [3.05, 3.63) is 94.3 Å². The molecule has 0 saturated carbocycles. The molecule has 0 radical (unpaired) electrons. The Morgan fingerprint density at radius 2 is 1.77 bits per heavy atom. The van der Waals surface area contributed by atoms with Gasteiger partial charge < -0.3 is 9.47 Å². The first-order valence-electron chi connectivity index (χ1n) is 10.8. The van der Waals surface area contributed by atoms with E-state index in [1.165, 1.54) is 25.3 Å². The van der Waals surface area contributed by atoms with Gasteiger partial charge in [-0.2, -0.15) is 0 Å². The SMILES string of the molecule is COc1cc(/C=C2\C(=O)NC(=O)N(c3cc(C)ccc3C)C2=O)ccc1OCc1cccc(F)c1. The van der Waals surface area contributed by atoms with Crippen molar-refractivity contribution >= 4 is 29.6 Å². The molecule has 1 aliphatic heterocycles. The van der Waals surface area contributed by atoms with Gasteiger partial charge in [0, 0.05) is 0 Å². The number of hydrogen-bond acceptors (Lipinski definition) is 5. The Balaban J connectivity index is 1.62. The van der Waals surface area contributed by atoms with Crippen LogP contribution in [-0.4, -0.2) is 25.0 Å². The van der Waals surface area contributed by atoms with Crippen LogP contribution in [0.1, 0.15) is 22.3 Å². The Morgan fingerprint density at radius 1 is 0.971 bits per heavy atom. The molecule has 4 rings (SSSR count). The minimum atomic E-state index is -0.801. The number of urea groups is 1. The molecular weight excluding hydrogens is 451 g/mol. The molecule has 178 valence electrons. The quantitative estimate of drug-likeness (QED) is 0.414. The van der Waals surface area contributed by atoms with E-state index in [9.17, 15) is 18.8 Å². The van der Waals surface area contributed by atoms with Crippen LogP contribution in [0, 0.1) is 19.7 Å². The van der Waals surface area contributed by atoms with Crippen LogP contribution in [0.2, 0.25) is 0 Å². The van der Waals surface area contributed by atoms with Gasteiger partial charge >= 0.3 is 6.03 Å². The standard InChI is InChI=1S/C27H23FN2O5/c1-16-7-8-17(2)22(11-16)30-26(32)21(25(31)29-27(30)33)13-18-9-10-23(24(14-18)34-3)35-15-19-5-4-6-20(28)12-19/h4-14H,15H2,1-3H3,(H,29,31,33)/b21-13+. The number of aryl methyl sites for hydroxylation is 2. The first kappa shape index (κ1) is 23.7. The molecule has 1 heterocycles. The summed E-state index contributed by atoms with van der Waals surface area (Å²) < 4.78 is 24.6. The zero-order valence-corrected chi connectivity index (χ0v) is 19.4. The van der Waals surface area contributed by atoms with E-state index in [4.69, 9.17) is 9.47 Å². The number of carbonyl (C=O) groups excluding carboxylic acids is 3. The van der Waals surface area contributed by atoms with Gasteiger partial charge in [-0.25, -0.2) is 14.1 Å². The Morgan fingerprint density at radius 3 is 2.51 bits per heavy atom. The van der Waals surface area contributed by atoms with E-state index in [2.05, 4.69) is 5.32 Å². The minimum absolute atomic E-state index is 0.127. The third-order valence-corrected chi connectivity index (χ3v) is 5.49. The highest BCUT2D eigenvalue weighted by Crippen LogP contribution is 2.31. The number of carbonyl (C=O) groups is 3. The molecule has 0 aliphatic carbocycles. The van der Waals surface area contributed by atoms with Crippen LogP contribution >= 0.6 is 0 Å². The predicted molar refractivity (Wildman–Crippen MR) is 129 cm³/mol. The number of nitrogens with one attached hydrogen (secondary N) is 1. The fourth-order valence-electron chi connectivity index (χ4n) is 3.68. The average molecular weight is 474 g/mol. The van der Waals surface area contributed by atoms with E-state index in [0.29, 0.717) is 33.9 Å². The minimum Gasteiger partial charge on any atom is -0.493 e. The van der Waals surface area contributed by atoms with Crippen molar-refractivity contribution in [2.24, 2.45) is 0 Å². The molecule has 1 aliphatic rings. The molecule has 0 atom stereocenters. The third kappa shape index (κ3) is 5.06. The van der Waals surface area contributed by atoms with Gasteiger partial charge in [-0.3, -0.25) is 14.9 Å². The maximum Gasteiger partial charge on any atom is 0.335 e. The molecule has 3 aromatic rings. The van der Waals surface area contributed by atoms with Crippen LogP contribution in [-0.2, 0) is 16.2 Å². The second-order valence-corrected chi connectivity index (χ2v) is 8.08. The lowest BCUT2D eigenvalue weighted by Gasteiger charge is -2.27. The molecule has 0 spiro atoms. The number of methoxy groups -OCH3 is 1. The summed E-state index contributed by atoms with van der Waals surface area (Å²) >= 11 is 0. The molecular formula is C27H23FN2O5. The highest BCUT2D eigenvalue weighted by Gasteiger charge is 2.37. The number of imide groups is 2. The van der Waals surface area contributed by atoms with Gasteiger partial charge in [0.25, 0.3) is 11.8 Å². The lowest BCUT2D eigenvalue weighted by Crippen LogP contribution is -2.54. The van der Waals surface area contributed by atoms with Gasteiger partial charge in [0.1, 0.15) is 18.0 Å². The topological polar surface area (TPSA) is 84.9 Å².